The van der Waals surface area contributed by atoms with Crippen molar-refractivity contribution in [1.29, 1.82) is 0 Å². The lowest BCUT2D eigenvalue weighted by Crippen LogP contribution is -2.27. The van der Waals surface area contributed by atoms with E-state index < -0.39 is 0 Å². The maximum absolute atomic E-state index is 13.2. The van der Waals surface area contributed by atoms with E-state index in [0.29, 0.717) is 6.04 Å². The summed E-state index contributed by atoms with van der Waals surface area (Å²) in [4.78, 5) is 0. The molecule has 0 spiro atoms. The quantitative estimate of drug-likeness (QED) is 0.761. The zero-order valence-electron chi connectivity index (χ0n) is 8.89. The first-order chi connectivity index (χ1) is 6.74. The Hall–Kier alpha value is -0.890. The molecule has 0 aliphatic carbocycles. The zero-order valence-corrected chi connectivity index (χ0v) is 8.89. The van der Waals surface area contributed by atoms with Crippen LogP contribution in [0.3, 0.4) is 0 Å². The summed E-state index contributed by atoms with van der Waals surface area (Å²) in [6.45, 7) is 5.12. The number of benzene rings is 1. The fourth-order valence-corrected chi connectivity index (χ4v) is 1.30. The molecule has 1 atom stereocenters. The van der Waals surface area contributed by atoms with Crippen LogP contribution in [-0.2, 0) is 6.42 Å². The van der Waals surface area contributed by atoms with E-state index in [0.717, 1.165) is 24.9 Å². The third-order valence-electron chi connectivity index (χ3n) is 2.46. The Labute approximate surface area is 85.3 Å². The van der Waals surface area contributed by atoms with Gasteiger partial charge in [-0.05, 0) is 37.9 Å². The topological polar surface area (TPSA) is 12.0 Å². The van der Waals surface area contributed by atoms with Gasteiger partial charge in [0.2, 0.25) is 0 Å². The molecule has 1 nitrogen and oxygen atoms in total. The lowest BCUT2D eigenvalue weighted by Gasteiger charge is -2.11. The van der Waals surface area contributed by atoms with E-state index in [2.05, 4.69) is 19.2 Å². The summed E-state index contributed by atoms with van der Waals surface area (Å²) in [5.41, 5.74) is 0.795. The van der Waals surface area contributed by atoms with E-state index in [1.54, 1.807) is 6.07 Å². The van der Waals surface area contributed by atoms with Crippen LogP contribution in [0.4, 0.5) is 4.39 Å². The number of hydrogen-bond acceptors (Lipinski definition) is 1. The molecule has 0 saturated heterocycles. The lowest BCUT2D eigenvalue weighted by molar-refractivity contribution is 0.529. The summed E-state index contributed by atoms with van der Waals surface area (Å²) < 4.78 is 13.2. The van der Waals surface area contributed by atoms with Gasteiger partial charge in [-0.25, -0.2) is 4.39 Å². The van der Waals surface area contributed by atoms with E-state index in [9.17, 15) is 4.39 Å². The van der Waals surface area contributed by atoms with Crippen molar-refractivity contribution in [3.63, 3.8) is 0 Å². The van der Waals surface area contributed by atoms with Gasteiger partial charge in [-0.1, -0.05) is 25.1 Å². The van der Waals surface area contributed by atoms with Gasteiger partial charge in [0.1, 0.15) is 5.82 Å². The van der Waals surface area contributed by atoms with Crippen LogP contribution < -0.4 is 5.32 Å². The summed E-state index contributed by atoms with van der Waals surface area (Å²) in [5.74, 6) is -0.0987. The maximum atomic E-state index is 13.2. The Kier molecular flexibility index (Phi) is 4.60. The van der Waals surface area contributed by atoms with Crippen molar-refractivity contribution < 1.29 is 4.39 Å². The maximum Gasteiger partial charge on any atom is 0.126 e. The van der Waals surface area contributed by atoms with Gasteiger partial charge in [0.15, 0.2) is 0 Å². The number of rotatable bonds is 5. The van der Waals surface area contributed by atoms with Crippen molar-refractivity contribution in [3.05, 3.63) is 35.6 Å². The molecule has 1 aromatic rings. The highest BCUT2D eigenvalue weighted by molar-refractivity contribution is 5.17. The molecular weight excluding hydrogens is 177 g/mol. The van der Waals surface area contributed by atoms with Crippen molar-refractivity contribution in [3.8, 4) is 0 Å². The van der Waals surface area contributed by atoms with Crippen molar-refractivity contribution in [2.75, 3.05) is 6.54 Å². The van der Waals surface area contributed by atoms with Crippen molar-refractivity contribution >= 4 is 0 Å². The van der Waals surface area contributed by atoms with Crippen LogP contribution in [0.15, 0.2) is 24.3 Å². The van der Waals surface area contributed by atoms with Gasteiger partial charge in [-0.3, -0.25) is 0 Å². The minimum atomic E-state index is -0.0987. The SMILES string of the molecule is CCC(C)NCCc1ccccc1F. The average Bonchev–Trinajstić information content (AvgIpc) is 2.20. The molecule has 0 amide bonds. The zero-order chi connectivity index (χ0) is 10.4. The summed E-state index contributed by atoms with van der Waals surface area (Å²) >= 11 is 0. The molecule has 0 aliphatic rings. The van der Waals surface area contributed by atoms with Crippen molar-refractivity contribution in [2.24, 2.45) is 0 Å². The van der Waals surface area contributed by atoms with Crippen LogP contribution in [0.5, 0.6) is 0 Å². The van der Waals surface area contributed by atoms with Crippen LogP contribution in [-0.4, -0.2) is 12.6 Å². The Morgan fingerprint density at radius 1 is 1.36 bits per heavy atom. The van der Waals surface area contributed by atoms with Gasteiger partial charge in [-0.15, -0.1) is 0 Å². The highest BCUT2D eigenvalue weighted by atomic mass is 19.1. The molecule has 1 rings (SSSR count). The molecule has 2 heteroatoms. The molecule has 0 saturated carbocycles. The molecule has 0 bridgehead atoms. The number of hydrogen-bond donors (Lipinski definition) is 1. The van der Waals surface area contributed by atoms with E-state index >= 15 is 0 Å². The molecule has 0 fully saturated rings. The van der Waals surface area contributed by atoms with Crippen LogP contribution >= 0.6 is 0 Å². The fraction of sp³-hybridized carbons (Fsp3) is 0.500. The molecule has 1 aromatic carbocycles. The Balaban J connectivity index is 2.35. The van der Waals surface area contributed by atoms with Crippen molar-refractivity contribution in [1.82, 2.24) is 5.32 Å². The molecule has 0 heterocycles. The number of nitrogens with one attached hydrogen (secondary N) is 1. The summed E-state index contributed by atoms with van der Waals surface area (Å²) in [6.07, 6.45) is 1.87. The monoisotopic (exact) mass is 195 g/mol. The predicted octanol–water partition coefficient (Wildman–Crippen LogP) is 2.76. The Bertz CT molecular complexity index is 273. The van der Waals surface area contributed by atoms with E-state index in [1.165, 1.54) is 6.07 Å². The molecule has 0 radical (unpaired) electrons. The van der Waals surface area contributed by atoms with Crippen LogP contribution in [0.1, 0.15) is 25.8 Å². The summed E-state index contributed by atoms with van der Waals surface area (Å²) in [6, 6.07) is 7.47. The van der Waals surface area contributed by atoms with E-state index in [4.69, 9.17) is 0 Å². The summed E-state index contributed by atoms with van der Waals surface area (Å²) in [7, 11) is 0. The highest BCUT2D eigenvalue weighted by Crippen LogP contribution is 2.06. The molecule has 0 aliphatic heterocycles. The first kappa shape index (κ1) is 11.2. The van der Waals surface area contributed by atoms with Gasteiger partial charge in [0, 0.05) is 6.04 Å². The normalized spacial score (nSPS) is 12.8. The van der Waals surface area contributed by atoms with Gasteiger partial charge >= 0.3 is 0 Å². The van der Waals surface area contributed by atoms with Gasteiger partial charge in [-0.2, -0.15) is 0 Å². The van der Waals surface area contributed by atoms with Crippen molar-refractivity contribution in [2.45, 2.75) is 32.7 Å². The van der Waals surface area contributed by atoms with Crippen LogP contribution in [0.25, 0.3) is 0 Å². The number of halogens is 1. The van der Waals surface area contributed by atoms with E-state index in [1.807, 2.05) is 12.1 Å². The van der Waals surface area contributed by atoms with Crippen LogP contribution in [0, 0.1) is 5.82 Å². The second-order valence-corrected chi connectivity index (χ2v) is 3.60. The fourth-order valence-electron chi connectivity index (χ4n) is 1.30. The highest BCUT2D eigenvalue weighted by Gasteiger charge is 2.01. The Morgan fingerprint density at radius 2 is 2.07 bits per heavy atom. The largest absolute Gasteiger partial charge is 0.314 e. The standard InChI is InChI=1S/C12H18FN/c1-3-10(2)14-9-8-11-6-4-5-7-12(11)13/h4-7,10,14H,3,8-9H2,1-2H3. The molecule has 0 aromatic heterocycles. The average molecular weight is 195 g/mol. The third kappa shape index (κ3) is 3.46. The summed E-state index contributed by atoms with van der Waals surface area (Å²) in [5, 5.41) is 3.34. The minimum absolute atomic E-state index is 0.0987. The minimum Gasteiger partial charge on any atom is -0.314 e. The second kappa shape index (κ2) is 5.76. The predicted molar refractivity (Wildman–Crippen MR) is 57.9 cm³/mol. The smallest absolute Gasteiger partial charge is 0.126 e. The molecule has 1 N–H and O–H groups in total. The second-order valence-electron chi connectivity index (χ2n) is 3.60. The molecule has 14 heavy (non-hydrogen) atoms. The first-order valence-electron chi connectivity index (χ1n) is 5.20. The molecule has 78 valence electrons. The Morgan fingerprint density at radius 3 is 2.71 bits per heavy atom. The third-order valence-corrected chi connectivity index (χ3v) is 2.46. The van der Waals surface area contributed by atoms with Gasteiger partial charge in [0.25, 0.3) is 0 Å². The first-order valence-corrected chi connectivity index (χ1v) is 5.20. The lowest BCUT2D eigenvalue weighted by atomic mass is 10.1. The van der Waals surface area contributed by atoms with E-state index in [-0.39, 0.29) is 5.82 Å². The molecular formula is C12H18FN. The molecule has 1 unspecified atom stereocenters. The van der Waals surface area contributed by atoms with Gasteiger partial charge < -0.3 is 5.32 Å². The van der Waals surface area contributed by atoms with Crippen LogP contribution in [0.2, 0.25) is 0 Å². The van der Waals surface area contributed by atoms with Gasteiger partial charge in [0.05, 0.1) is 0 Å².